The molecule has 1 aliphatic heterocycles. The Morgan fingerprint density at radius 2 is 2.04 bits per heavy atom. The molecule has 0 aliphatic carbocycles. The van der Waals surface area contributed by atoms with Gasteiger partial charge >= 0.3 is 0 Å². The van der Waals surface area contributed by atoms with Crippen LogP contribution >= 0.6 is 0 Å². The second-order valence-electron chi connectivity index (χ2n) is 6.65. The first kappa shape index (κ1) is 17.3. The molecule has 3 heterocycles. The SMILES string of the molecule is O=C(c1ccc(F)nc1)N1CCC[C@H](c2cc(-c3ccccc3F)n[nH]2)C1. The van der Waals surface area contributed by atoms with Crippen LogP contribution in [0.15, 0.2) is 48.7 Å². The summed E-state index contributed by atoms with van der Waals surface area (Å²) in [5, 5.41) is 7.23. The lowest BCUT2D eigenvalue weighted by Gasteiger charge is -2.32. The minimum atomic E-state index is -0.610. The van der Waals surface area contributed by atoms with E-state index in [1.165, 1.54) is 24.4 Å². The molecule has 1 amide bonds. The minimum Gasteiger partial charge on any atom is -0.338 e. The van der Waals surface area contributed by atoms with Gasteiger partial charge in [0.2, 0.25) is 5.95 Å². The van der Waals surface area contributed by atoms with Crippen LogP contribution in [-0.4, -0.2) is 39.1 Å². The molecular formula is C20H18F2N4O. The zero-order chi connectivity index (χ0) is 18.8. The Morgan fingerprint density at radius 1 is 1.19 bits per heavy atom. The maximum atomic E-state index is 14.0. The number of amides is 1. The molecular weight excluding hydrogens is 350 g/mol. The van der Waals surface area contributed by atoms with Crippen molar-refractivity contribution in [1.82, 2.24) is 20.1 Å². The van der Waals surface area contributed by atoms with E-state index in [0.717, 1.165) is 18.5 Å². The lowest BCUT2D eigenvalue weighted by molar-refractivity contribution is 0.0705. The van der Waals surface area contributed by atoms with Gasteiger partial charge in [-0.15, -0.1) is 0 Å². The van der Waals surface area contributed by atoms with E-state index < -0.39 is 5.95 Å². The van der Waals surface area contributed by atoms with E-state index in [2.05, 4.69) is 15.2 Å². The third-order valence-corrected chi connectivity index (χ3v) is 4.87. The average molecular weight is 368 g/mol. The molecule has 4 rings (SSSR count). The fourth-order valence-electron chi connectivity index (χ4n) is 3.45. The van der Waals surface area contributed by atoms with Gasteiger partial charge in [-0.1, -0.05) is 12.1 Å². The second-order valence-corrected chi connectivity index (χ2v) is 6.65. The van der Waals surface area contributed by atoms with Gasteiger partial charge in [0.1, 0.15) is 5.82 Å². The summed E-state index contributed by atoms with van der Waals surface area (Å²) in [5.74, 6) is -1.01. The molecule has 1 atom stereocenters. The predicted octanol–water partition coefficient (Wildman–Crippen LogP) is 3.77. The Morgan fingerprint density at radius 3 is 2.81 bits per heavy atom. The van der Waals surface area contributed by atoms with Gasteiger partial charge in [-0.25, -0.2) is 9.37 Å². The predicted molar refractivity (Wildman–Crippen MR) is 96.1 cm³/mol. The number of nitrogens with zero attached hydrogens (tertiary/aromatic N) is 3. The van der Waals surface area contributed by atoms with E-state index in [9.17, 15) is 13.6 Å². The zero-order valence-electron chi connectivity index (χ0n) is 14.5. The van der Waals surface area contributed by atoms with Crippen LogP contribution in [0.25, 0.3) is 11.3 Å². The number of piperidine rings is 1. The van der Waals surface area contributed by atoms with Crippen molar-refractivity contribution in [3.05, 3.63) is 71.7 Å². The van der Waals surface area contributed by atoms with Crippen LogP contribution in [0, 0.1) is 11.8 Å². The number of aromatic amines is 1. The fraction of sp³-hybridized carbons (Fsp3) is 0.250. The molecule has 0 saturated carbocycles. The summed E-state index contributed by atoms with van der Waals surface area (Å²) in [7, 11) is 0. The molecule has 1 aliphatic rings. The molecule has 1 fully saturated rings. The van der Waals surface area contributed by atoms with Gasteiger partial charge in [0.25, 0.3) is 5.91 Å². The highest BCUT2D eigenvalue weighted by Crippen LogP contribution is 2.29. The molecule has 1 N–H and O–H groups in total. The molecule has 0 bridgehead atoms. The number of aromatic nitrogens is 3. The summed E-state index contributed by atoms with van der Waals surface area (Å²) in [6.07, 6.45) is 3.01. The monoisotopic (exact) mass is 368 g/mol. The fourth-order valence-corrected chi connectivity index (χ4v) is 3.45. The zero-order valence-corrected chi connectivity index (χ0v) is 14.5. The van der Waals surface area contributed by atoms with Gasteiger partial charge in [-0.3, -0.25) is 9.89 Å². The number of rotatable bonds is 3. The number of halogens is 2. The number of carbonyl (C=O) groups excluding carboxylic acids is 1. The smallest absolute Gasteiger partial charge is 0.255 e. The highest BCUT2D eigenvalue weighted by molar-refractivity contribution is 5.94. The molecule has 7 heteroatoms. The molecule has 0 spiro atoms. The van der Waals surface area contributed by atoms with Crippen LogP contribution in [0.4, 0.5) is 8.78 Å². The average Bonchev–Trinajstić information content (AvgIpc) is 3.18. The molecule has 138 valence electrons. The van der Waals surface area contributed by atoms with Crippen molar-refractivity contribution in [3.63, 3.8) is 0 Å². The first-order valence-corrected chi connectivity index (χ1v) is 8.83. The minimum absolute atomic E-state index is 0.0872. The third kappa shape index (κ3) is 3.58. The van der Waals surface area contributed by atoms with E-state index in [-0.39, 0.29) is 17.6 Å². The van der Waals surface area contributed by atoms with Crippen molar-refractivity contribution in [2.45, 2.75) is 18.8 Å². The Kier molecular flexibility index (Phi) is 4.66. The summed E-state index contributed by atoms with van der Waals surface area (Å²) in [6, 6.07) is 11.0. The number of benzene rings is 1. The van der Waals surface area contributed by atoms with Crippen LogP contribution in [-0.2, 0) is 0 Å². The van der Waals surface area contributed by atoms with E-state index >= 15 is 0 Å². The highest BCUT2D eigenvalue weighted by atomic mass is 19.1. The van der Waals surface area contributed by atoms with Crippen molar-refractivity contribution in [2.75, 3.05) is 13.1 Å². The molecule has 27 heavy (non-hydrogen) atoms. The van der Waals surface area contributed by atoms with Crippen LogP contribution in [0.3, 0.4) is 0 Å². The van der Waals surface area contributed by atoms with Gasteiger partial charge in [-0.2, -0.15) is 9.49 Å². The standard InChI is InChI=1S/C20H18F2N4O/c21-16-6-2-1-5-15(16)18-10-17(24-25-18)14-4-3-9-26(12-14)20(27)13-7-8-19(22)23-11-13/h1-2,5-8,10-11,14H,3-4,9,12H2,(H,24,25)/t14-/m0/s1. The van der Waals surface area contributed by atoms with E-state index in [0.29, 0.717) is 29.9 Å². The molecule has 0 radical (unpaired) electrons. The number of nitrogens with one attached hydrogen (secondary N) is 1. The quantitative estimate of drug-likeness (QED) is 0.716. The molecule has 0 unspecified atom stereocenters. The Labute approximate surface area is 155 Å². The van der Waals surface area contributed by atoms with Crippen LogP contribution in [0.2, 0.25) is 0 Å². The number of hydrogen-bond acceptors (Lipinski definition) is 3. The second kappa shape index (κ2) is 7.26. The van der Waals surface area contributed by atoms with Gasteiger partial charge in [0, 0.05) is 36.5 Å². The lowest BCUT2D eigenvalue weighted by Crippen LogP contribution is -2.39. The first-order chi connectivity index (χ1) is 13.1. The van der Waals surface area contributed by atoms with E-state index in [1.54, 1.807) is 23.1 Å². The molecule has 1 saturated heterocycles. The third-order valence-electron chi connectivity index (χ3n) is 4.87. The molecule has 5 nitrogen and oxygen atoms in total. The summed E-state index contributed by atoms with van der Waals surface area (Å²) in [4.78, 5) is 17.9. The number of likely N-dealkylation sites (tertiary alicyclic amines) is 1. The summed E-state index contributed by atoms with van der Waals surface area (Å²) >= 11 is 0. The summed E-state index contributed by atoms with van der Waals surface area (Å²) in [5.41, 5.74) is 2.24. The normalized spacial score (nSPS) is 17.1. The van der Waals surface area contributed by atoms with Crippen LogP contribution < -0.4 is 0 Å². The van der Waals surface area contributed by atoms with Gasteiger partial charge in [-0.05, 0) is 43.2 Å². The Hall–Kier alpha value is -3.09. The van der Waals surface area contributed by atoms with E-state index in [4.69, 9.17) is 0 Å². The topological polar surface area (TPSA) is 61.9 Å². The van der Waals surface area contributed by atoms with Crippen molar-refractivity contribution in [1.29, 1.82) is 0 Å². The van der Waals surface area contributed by atoms with Crippen molar-refractivity contribution in [2.24, 2.45) is 0 Å². The maximum Gasteiger partial charge on any atom is 0.255 e. The number of hydrogen-bond donors (Lipinski definition) is 1. The van der Waals surface area contributed by atoms with Crippen LogP contribution in [0.1, 0.15) is 34.8 Å². The van der Waals surface area contributed by atoms with Gasteiger partial charge in [0.05, 0.1) is 11.3 Å². The lowest BCUT2D eigenvalue weighted by atomic mass is 9.94. The largest absolute Gasteiger partial charge is 0.338 e. The summed E-state index contributed by atoms with van der Waals surface area (Å²) < 4.78 is 26.9. The van der Waals surface area contributed by atoms with Crippen molar-refractivity contribution in [3.8, 4) is 11.3 Å². The highest BCUT2D eigenvalue weighted by Gasteiger charge is 2.27. The van der Waals surface area contributed by atoms with Gasteiger partial charge in [0.15, 0.2) is 0 Å². The molecule has 3 aromatic rings. The number of pyridine rings is 1. The van der Waals surface area contributed by atoms with Crippen molar-refractivity contribution < 1.29 is 13.6 Å². The summed E-state index contributed by atoms with van der Waals surface area (Å²) in [6.45, 7) is 1.16. The Bertz CT molecular complexity index is 955. The van der Waals surface area contributed by atoms with Crippen molar-refractivity contribution >= 4 is 5.91 Å². The number of carbonyl (C=O) groups is 1. The van der Waals surface area contributed by atoms with Gasteiger partial charge < -0.3 is 4.90 Å². The first-order valence-electron chi connectivity index (χ1n) is 8.83. The Balaban J connectivity index is 1.51. The molecule has 1 aromatic carbocycles. The van der Waals surface area contributed by atoms with Crippen LogP contribution in [0.5, 0.6) is 0 Å². The van der Waals surface area contributed by atoms with E-state index in [1.807, 2.05) is 6.07 Å². The maximum absolute atomic E-state index is 14.0. The number of H-pyrrole nitrogens is 1. The molecule has 2 aromatic heterocycles.